The van der Waals surface area contributed by atoms with Crippen LogP contribution in [0.5, 0.6) is 0 Å². The van der Waals surface area contributed by atoms with E-state index in [0.29, 0.717) is 25.8 Å². The maximum atomic E-state index is 11.9. The Morgan fingerprint density at radius 3 is 2.75 bits per heavy atom. The number of thiophene rings is 1. The first kappa shape index (κ1) is 14.8. The van der Waals surface area contributed by atoms with Gasteiger partial charge in [0.05, 0.1) is 13.2 Å². The Hall–Kier alpha value is -1.64. The number of rotatable bonds is 3. The molecule has 20 heavy (non-hydrogen) atoms. The van der Waals surface area contributed by atoms with E-state index in [2.05, 4.69) is 11.8 Å². The van der Waals surface area contributed by atoms with Gasteiger partial charge in [-0.05, 0) is 12.0 Å². The molecule has 1 aromatic rings. The van der Waals surface area contributed by atoms with Crippen molar-refractivity contribution in [1.29, 1.82) is 0 Å². The Morgan fingerprint density at radius 2 is 2.10 bits per heavy atom. The van der Waals surface area contributed by atoms with Gasteiger partial charge in [-0.1, -0.05) is 18.8 Å². The Labute approximate surface area is 122 Å². The summed E-state index contributed by atoms with van der Waals surface area (Å²) in [6.07, 6.45) is 1.34. The normalized spacial score (nSPS) is 16.2. The molecule has 1 N–H and O–H groups in total. The van der Waals surface area contributed by atoms with Gasteiger partial charge in [0.25, 0.3) is 0 Å². The lowest BCUT2D eigenvalue weighted by Gasteiger charge is -2.27. The molecule has 1 saturated heterocycles. The smallest absolute Gasteiger partial charge is 0.229 e. The van der Waals surface area contributed by atoms with Crippen molar-refractivity contribution >= 4 is 23.2 Å². The van der Waals surface area contributed by atoms with E-state index in [9.17, 15) is 9.59 Å². The van der Waals surface area contributed by atoms with Gasteiger partial charge in [0.15, 0.2) is 0 Å². The molecule has 0 spiro atoms. The molecule has 106 valence electrons. The van der Waals surface area contributed by atoms with Gasteiger partial charge in [0.1, 0.15) is 0 Å². The van der Waals surface area contributed by atoms with Crippen LogP contribution in [-0.4, -0.2) is 28.4 Å². The third kappa shape index (κ3) is 3.69. The molecule has 2 heterocycles. The molecule has 0 saturated carbocycles. The highest BCUT2D eigenvalue weighted by atomic mass is 32.1. The predicted octanol–water partition coefficient (Wildman–Crippen LogP) is 1.77. The van der Waals surface area contributed by atoms with Crippen molar-refractivity contribution in [3.63, 3.8) is 0 Å². The molecule has 1 fully saturated rings. The van der Waals surface area contributed by atoms with Gasteiger partial charge >= 0.3 is 0 Å². The number of nitrogens with zero attached hydrogens (tertiary/aromatic N) is 1. The van der Waals surface area contributed by atoms with Crippen molar-refractivity contribution in [1.82, 2.24) is 4.90 Å². The van der Waals surface area contributed by atoms with Crippen LogP contribution in [-0.2, 0) is 16.1 Å². The first-order valence-corrected chi connectivity index (χ1v) is 7.48. The van der Waals surface area contributed by atoms with E-state index >= 15 is 0 Å². The summed E-state index contributed by atoms with van der Waals surface area (Å²) in [5, 5.41) is 10.6. The third-order valence-electron chi connectivity index (χ3n) is 3.09. The molecule has 0 unspecified atom stereocenters. The monoisotopic (exact) mass is 291 g/mol. The predicted molar refractivity (Wildman–Crippen MR) is 76.9 cm³/mol. The first-order valence-electron chi connectivity index (χ1n) is 6.60. The second kappa shape index (κ2) is 6.69. The molecule has 5 heteroatoms. The zero-order chi connectivity index (χ0) is 14.5. The maximum absolute atomic E-state index is 11.9. The minimum Gasteiger partial charge on any atom is -0.395 e. The van der Waals surface area contributed by atoms with Crippen LogP contribution in [0.1, 0.15) is 36.6 Å². The van der Waals surface area contributed by atoms with Crippen LogP contribution in [0.3, 0.4) is 0 Å². The van der Waals surface area contributed by atoms with Gasteiger partial charge in [-0.3, -0.25) is 14.5 Å². The molecule has 2 rings (SSSR count). The molecule has 4 nitrogen and oxygen atoms in total. The summed E-state index contributed by atoms with van der Waals surface area (Å²) in [5.41, 5.74) is 0.865. The summed E-state index contributed by atoms with van der Waals surface area (Å²) in [5.74, 6) is 5.77. The van der Waals surface area contributed by atoms with Crippen molar-refractivity contribution in [2.45, 2.75) is 32.7 Å². The van der Waals surface area contributed by atoms with Crippen molar-refractivity contribution in [3.05, 3.63) is 21.9 Å². The molecule has 2 amide bonds. The number of likely N-dealkylation sites (tertiary alicyclic amines) is 1. The summed E-state index contributed by atoms with van der Waals surface area (Å²) in [6, 6.07) is 1.90. The highest BCUT2D eigenvalue weighted by Crippen LogP contribution is 2.23. The zero-order valence-electron chi connectivity index (χ0n) is 11.4. The molecule has 1 aromatic heterocycles. The number of carbonyl (C=O) groups excluding carboxylic acids is 2. The quantitative estimate of drug-likeness (QED) is 0.682. The van der Waals surface area contributed by atoms with E-state index < -0.39 is 0 Å². The largest absolute Gasteiger partial charge is 0.395 e. The minimum absolute atomic E-state index is 0.0545. The van der Waals surface area contributed by atoms with Crippen LogP contribution in [0.4, 0.5) is 0 Å². The molecule has 0 atom stereocenters. The average Bonchev–Trinajstić information content (AvgIpc) is 2.82. The van der Waals surface area contributed by atoms with Crippen molar-refractivity contribution in [3.8, 4) is 11.8 Å². The number of hydrogen-bond donors (Lipinski definition) is 1. The van der Waals surface area contributed by atoms with Gasteiger partial charge < -0.3 is 5.11 Å². The number of hydrogen-bond acceptors (Lipinski definition) is 4. The number of aliphatic hydroxyl groups is 1. The van der Waals surface area contributed by atoms with E-state index in [1.807, 2.05) is 18.4 Å². The molecule has 0 aromatic carbocycles. The van der Waals surface area contributed by atoms with E-state index in [4.69, 9.17) is 5.11 Å². The number of imide groups is 1. The van der Waals surface area contributed by atoms with Crippen molar-refractivity contribution in [2.75, 3.05) is 6.61 Å². The van der Waals surface area contributed by atoms with Crippen LogP contribution in [0.25, 0.3) is 0 Å². The van der Waals surface area contributed by atoms with E-state index in [0.717, 1.165) is 10.4 Å². The Balaban J connectivity index is 2.02. The summed E-state index contributed by atoms with van der Waals surface area (Å²) >= 11 is 1.49. The summed E-state index contributed by atoms with van der Waals surface area (Å²) in [7, 11) is 0. The van der Waals surface area contributed by atoms with Gasteiger partial charge in [0.2, 0.25) is 11.8 Å². The molecule has 0 bridgehead atoms. The number of piperidine rings is 1. The molecular weight excluding hydrogens is 274 g/mol. The second-order valence-corrected chi connectivity index (χ2v) is 5.96. The molecule has 0 aliphatic carbocycles. The lowest BCUT2D eigenvalue weighted by atomic mass is 9.98. The SMILES string of the molecule is CC1CC(=O)N(Cc2cc(C#CCCO)cs2)C(=O)C1. The van der Waals surface area contributed by atoms with E-state index in [1.165, 1.54) is 16.2 Å². The standard InChI is InChI=1S/C15H17NO3S/c1-11-6-14(18)16(15(19)7-11)9-13-8-12(10-20-13)4-2-3-5-17/h8,10-11,17H,3,5-7,9H2,1H3. The number of carbonyl (C=O) groups is 2. The highest BCUT2D eigenvalue weighted by Gasteiger charge is 2.30. The van der Waals surface area contributed by atoms with Crippen LogP contribution < -0.4 is 0 Å². The van der Waals surface area contributed by atoms with Crippen LogP contribution in [0, 0.1) is 17.8 Å². The molecular formula is C15H17NO3S. The van der Waals surface area contributed by atoms with Crippen molar-refractivity contribution in [2.24, 2.45) is 5.92 Å². The Kier molecular flexibility index (Phi) is 4.94. The van der Waals surface area contributed by atoms with Crippen LogP contribution in [0.15, 0.2) is 11.4 Å². The van der Waals surface area contributed by atoms with Gasteiger partial charge in [-0.25, -0.2) is 0 Å². The maximum Gasteiger partial charge on any atom is 0.229 e. The van der Waals surface area contributed by atoms with E-state index in [1.54, 1.807) is 0 Å². The number of amides is 2. The highest BCUT2D eigenvalue weighted by molar-refractivity contribution is 7.10. The lowest BCUT2D eigenvalue weighted by molar-refractivity contribution is -0.150. The second-order valence-electron chi connectivity index (χ2n) is 4.96. The topological polar surface area (TPSA) is 57.6 Å². The first-order chi connectivity index (χ1) is 9.60. The summed E-state index contributed by atoms with van der Waals surface area (Å²) in [6.45, 7) is 2.32. The fraction of sp³-hybridized carbons (Fsp3) is 0.467. The van der Waals surface area contributed by atoms with Crippen molar-refractivity contribution < 1.29 is 14.7 Å². The minimum atomic E-state index is -0.0879. The summed E-state index contributed by atoms with van der Waals surface area (Å²) < 4.78 is 0. The Bertz CT molecular complexity index is 549. The fourth-order valence-electron chi connectivity index (χ4n) is 2.11. The number of aliphatic hydroxyl groups excluding tert-OH is 1. The molecule has 0 radical (unpaired) electrons. The fourth-order valence-corrected chi connectivity index (χ4v) is 2.91. The Morgan fingerprint density at radius 1 is 1.40 bits per heavy atom. The lowest BCUT2D eigenvalue weighted by Crippen LogP contribution is -2.41. The zero-order valence-corrected chi connectivity index (χ0v) is 12.2. The van der Waals surface area contributed by atoms with Crippen LogP contribution >= 0.6 is 11.3 Å². The van der Waals surface area contributed by atoms with E-state index in [-0.39, 0.29) is 24.3 Å². The average molecular weight is 291 g/mol. The van der Waals surface area contributed by atoms with Gasteiger partial charge in [-0.15, -0.1) is 11.3 Å². The summed E-state index contributed by atoms with van der Waals surface area (Å²) in [4.78, 5) is 26.1. The van der Waals surface area contributed by atoms with Gasteiger partial charge in [0, 0.05) is 35.1 Å². The van der Waals surface area contributed by atoms with Gasteiger partial charge in [-0.2, -0.15) is 0 Å². The van der Waals surface area contributed by atoms with Crippen LogP contribution in [0.2, 0.25) is 0 Å². The molecule has 1 aliphatic rings. The molecule has 1 aliphatic heterocycles. The third-order valence-corrected chi connectivity index (χ3v) is 4.01.